The quantitative estimate of drug-likeness (QED) is 0.767. The largest absolute Gasteiger partial charge is 0.480 e. The Morgan fingerprint density at radius 2 is 2.21 bits per heavy atom. The molecule has 7 heteroatoms. The smallest absolute Gasteiger partial charge is 0.326 e. The van der Waals surface area contributed by atoms with Gasteiger partial charge in [-0.1, -0.05) is 19.0 Å². The second-order valence-corrected chi connectivity index (χ2v) is 4.61. The molecule has 2 N–H and O–H groups in total. The number of carbonyl (C=O) groups is 2. The van der Waals surface area contributed by atoms with Crippen LogP contribution in [0, 0.1) is 5.92 Å². The Labute approximate surface area is 110 Å². The van der Waals surface area contributed by atoms with Gasteiger partial charge in [-0.05, 0) is 12.3 Å². The van der Waals surface area contributed by atoms with Gasteiger partial charge in [0.2, 0.25) is 0 Å². The maximum Gasteiger partial charge on any atom is 0.326 e. The summed E-state index contributed by atoms with van der Waals surface area (Å²) in [6.07, 6.45) is 0.351. The topological polar surface area (TPSA) is 102 Å². The number of aromatic nitrogens is 1. The number of rotatable bonds is 7. The third-order valence-electron chi connectivity index (χ3n) is 2.39. The summed E-state index contributed by atoms with van der Waals surface area (Å²) in [6.45, 7) is 3.97. The van der Waals surface area contributed by atoms with E-state index in [4.69, 9.17) is 14.4 Å². The average Bonchev–Trinajstić information content (AvgIpc) is 2.76. The highest BCUT2D eigenvalue weighted by Crippen LogP contribution is 2.08. The lowest BCUT2D eigenvalue weighted by molar-refractivity contribution is -0.139. The Balaban J connectivity index is 2.67. The molecule has 0 fully saturated rings. The molecule has 0 bridgehead atoms. The number of ether oxygens (including phenoxy) is 1. The van der Waals surface area contributed by atoms with E-state index >= 15 is 0 Å². The van der Waals surface area contributed by atoms with Gasteiger partial charge in [0.25, 0.3) is 5.91 Å². The number of nitrogens with zero attached hydrogens (tertiary/aromatic N) is 1. The molecule has 1 aromatic rings. The minimum Gasteiger partial charge on any atom is -0.480 e. The fraction of sp³-hybridized carbons (Fsp3) is 0.583. The summed E-state index contributed by atoms with van der Waals surface area (Å²) >= 11 is 0. The van der Waals surface area contributed by atoms with E-state index in [1.54, 1.807) is 0 Å². The van der Waals surface area contributed by atoms with Crippen LogP contribution in [0.2, 0.25) is 0 Å². The highest BCUT2D eigenvalue weighted by molar-refractivity contribution is 5.94. The van der Waals surface area contributed by atoms with Crippen molar-refractivity contribution in [2.24, 2.45) is 5.92 Å². The Hall–Kier alpha value is -1.89. The van der Waals surface area contributed by atoms with Crippen molar-refractivity contribution in [1.82, 2.24) is 10.5 Å². The van der Waals surface area contributed by atoms with Gasteiger partial charge < -0.3 is 19.7 Å². The zero-order valence-electron chi connectivity index (χ0n) is 11.2. The molecule has 0 radical (unpaired) electrons. The predicted octanol–water partition coefficient (Wildman–Crippen LogP) is 1.05. The predicted molar refractivity (Wildman–Crippen MR) is 65.6 cm³/mol. The van der Waals surface area contributed by atoms with Crippen molar-refractivity contribution in [2.45, 2.75) is 32.9 Å². The first-order valence-electron chi connectivity index (χ1n) is 5.92. The van der Waals surface area contributed by atoms with Gasteiger partial charge in [-0.25, -0.2) is 4.79 Å². The number of hydrogen-bond acceptors (Lipinski definition) is 5. The number of carboxylic acids is 1. The number of amides is 1. The van der Waals surface area contributed by atoms with Gasteiger partial charge >= 0.3 is 5.97 Å². The minimum atomic E-state index is -1.07. The molecule has 0 aliphatic rings. The maximum absolute atomic E-state index is 11.8. The van der Waals surface area contributed by atoms with Crippen LogP contribution in [0.4, 0.5) is 0 Å². The Bertz CT molecular complexity index is 441. The fourth-order valence-electron chi connectivity index (χ4n) is 1.56. The second kappa shape index (κ2) is 6.89. The highest BCUT2D eigenvalue weighted by Gasteiger charge is 2.23. The molecule has 1 rings (SSSR count). The molecule has 1 aromatic heterocycles. The molecule has 0 spiro atoms. The molecule has 0 aliphatic heterocycles. The Morgan fingerprint density at radius 3 is 2.74 bits per heavy atom. The summed E-state index contributed by atoms with van der Waals surface area (Å²) in [4.78, 5) is 22.9. The molecule has 1 atom stereocenters. The van der Waals surface area contributed by atoms with Crippen molar-refractivity contribution < 1.29 is 24.0 Å². The lowest BCUT2D eigenvalue weighted by Gasteiger charge is -2.15. The first kappa shape index (κ1) is 15.2. The van der Waals surface area contributed by atoms with Crippen LogP contribution in [0.15, 0.2) is 10.6 Å². The first-order chi connectivity index (χ1) is 8.93. The average molecular weight is 270 g/mol. The molecule has 106 valence electrons. The lowest BCUT2D eigenvalue weighted by atomic mass is 10.0. The molecule has 0 aliphatic carbocycles. The highest BCUT2D eigenvalue weighted by atomic mass is 16.5. The molecular weight excluding hydrogens is 252 g/mol. The van der Waals surface area contributed by atoms with E-state index in [1.165, 1.54) is 13.2 Å². The SMILES string of the molecule is COCc1cc(C(=O)NC(CC(C)C)C(=O)O)no1. The number of aliphatic carboxylic acids is 1. The van der Waals surface area contributed by atoms with E-state index in [0.29, 0.717) is 12.2 Å². The molecule has 19 heavy (non-hydrogen) atoms. The molecule has 1 amide bonds. The van der Waals surface area contributed by atoms with Crippen LogP contribution in [0.25, 0.3) is 0 Å². The van der Waals surface area contributed by atoms with Crippen LogP contribution < -0.4 is 5.32 Å². The fourth-order valence-corrected chi connectivity index (χ4v) is 1.56. The number of carboxylic acid groups (broad SMARTS) is 1. The van der Waals surface area contributed by atoms with Crippen LogP contribution >= 0.6 is 0 Å². The lowest BCUT2D eigenvalue weighted by Crippen LogP contribution is -2.41. The number of nitrogens with one attached hydrogen (secondary N) is 1. The van der Waals surface area contributed by atoms with E-state index in [-0.39, 0.29) is 18.2 Å². The van der Waals surface area contributed by atoms with Gasteiger partial charge in [0.15, 0.2) is 11.5 Å². The molecule has 1 heterocycles. The van der Waals surface area contributed by atoms with Gasteiger partial charge in [-0.2, -0.15) is 0 Å². The number of methoxy groups -OCH3 is 1. The third-order valence-corrected chi connectivity index (χ3v) is 2.39. The van der Waals surface area contributed by atoms with Gasteiger partial charge in [0.05, 0.1) is 0 Å². The molecule has 0 saturated carbocycles. The molecule has 0 saturated heterocycles. The normalized spacial score (nSPS) is 12.4. The van der Waals surface area contributed by atoms with Crippen molar-refractivity contribution in [2.75, 3.05) is 7.11 Å². The summed E-state index contributed by atoms with van der Waals surface area (Å²) in [5.41, 5.74) is 0.0436. The van der Waals surface area contributed by atoms with Crippen LogP contribution in [0.1, 0.15) is 36.5 Å². The van der Waals surface area contributed by atoms with Crippen molar-refractivity contribution >= 4 is 11.9 Å². The summed E-state index contributed by atoms with van der Waals surface area (Å²) < 4.78 is 9.70. The zero-order valence-corrected chi connectivity index (χ0v) is 11.2. The van der Waals surface area contributed by atoms with E-state index in [1.807, 2.05) is 13.8 Å². The summed E-state index contributed by atoms with van der Waals surface area (Å²) in [5, 5.41) is 15.0. The van der Waals surface area contributed by atoms with Crippen molar-refractivity contribution in [3.05, 3.63) is 17.5 Å². The first-order valence-corrected chi connectivity index (χ1v) is 5.92. The van der Waals surface area contributed by atoms with E-state index in [0.717, 1.165) is 0 Å². The summed E-state index contributed by atoms with van der Waals surface area (Å²) in [5.74, 6) is -1.08. The van der Waals surface area contributed by atoms with E-state index in [9.17, 15) is 9.59 Å². The number of hydrogen-bond donors (Lipinski definition) is 2. The monoisotopic (exact) mass is 270 g/mol. The zero-order chi connectivity index (χ0) is 14.4. The summed E-state index contributed by atoms with van der Waals surface area (Å²) in [6, 6.07) is 0.489. The Kier molecular flexibility index (Phi) is 5.50. The standard InChI is InChI=1S/C12H18N2O5/c1-7(2)4-10(12(16)17)13-11(15)9-5-8(6-18-3)19-14-9/h5,7,10H,4,6H2,1-3H3,(H,13,15)(H,16,17). The van der Waals surface area contributed by atoms with Crippen molar-refractivity contribution in [3.8, 4) is 0 Å². The minimum absolute atomic E-state index is 0.0436. The molecule has 1 unspecified atom stereocenters. The van der Waals surface area contributed by atoms with Gasteiger partial charge in [0, 0.05) is 13.2 Å². The molecular formula is C12H18N2O5. The van der Waals surface area contributed by atoms with Crippen LogP contribution in [-0.2, 0) is 16.1 Å². The Morgan fingerprint density at radius 1 is 1.53 bits per heavy atom. The van der Waals surface area contributed by atoms with Gasteiger partial charge in [-0.15, -0.1) is 0 Å². The summed E-state index contributed by atoms with van der Waals surface area (Å²) in [7, 11) is 1.49. The molecule has 0 aromatic carbocycles. The maximum atomic E-state index is 11.8. The van der Waals surface area contributed by atoms with E-state index < -0.39 is 17.9 Å². The van der Waals surface area contributed by atoms with Crippen LogP contribution in [-0.4, -0.2) is 35.3 Å². The second-order valence-electron chi connectivity index (χ2n) is 4.61. The molecule has 7 nitrogen and oxygen atoms in total. The van der Waals surface area contributed by atoms with Crippen molar-refractivity contribution in [1.29, 1.82) is 0 Å². The third kappa shape index (κ3) is 4.70. The van der Waals surface area contributed by atoms with E-state index in [2.05, 4.69) is 10.5 Å². The van der Waals surface area contributed by atoms with Crippen LogP contribution in [0.5, 0.6) is 0 Å². The van der Waals surface area contributed by atoms with Gasteiger partial charge in [-0.3, -0.25) is 4.79 Å². The van der Waals surface area contributed by atoms with Crippen LogP contribution in [0.3, 0.4) is 0 Å². The van der Waals surface area contributed by atoms with Gasteiger partial charge in [0.1, 0.15) is 12.6 Å². The number of carbonyl (C=O) groups excluding carboxylic acids is 1. The van der Waals surface area contributed by atoms with Crippen molar-refractivity contribution in [3.63, 3.8) is 0 Å².